The van der Waals surface area contributed by atoms with E-state index in [1.54, 1.807) is 19.0 Å². The number of halogens is 5. The number of hydrogen-bond donors (Lipinski definition) is 1. The summed E-state index contributed by atoms with van der Waals surface area (Å²) >= 11 is 6.23. The Kier molecular flexibility index (Phi) is 8.50. The number of ether oxygens (including phenoxy) is 1. The van der Waals surface area contributed by atoms with Gasteiger partial charge in [0.2, 0.25) is 0 Å². The smallest absolute Gasteiger partial charge is 0.407 e. The molecule has 0 fully saturated rings. The zero-order valence-corrected chi connectivity index (χ0v) is 21.6. The Morgan fingerprint density at radius 3 is 2.54 bits per heavy atom. The van der Waals surface area contributed by atoms with Gasteiger partial charge in [-0.1, -0.05) is 11.6 Å². The molecule has 0 saturated heterocycles. The molecule has 3 rings (SSSR count). The Morgan fingerprint density at radius 1 is 1.27 bits per heavy atom. The first kappa shape index (κ1) is 28.4. The highest BCUT2D eigenvalue weighted by molar-refractivity contribution is 6.35. The predicted molar refractivity (Wildman–Crippen MR) is 132 cm³/mol. The number of hydrazone groups is 1. The van der Waals surface area contributed by atoms with Gasteiger partial charge in [0.05, 0.1) is 28.9 Å². The number of amides is 1. The van der Waals surface area contributed by atoms with Crippen molar-refractivity contribution in [2.75, 3.05) is 50.7 Å². The fourth-order valence-electron chi connectivity index (χ4n) is 3.66. The van der Waals surface area contributed by atoms with Crippen LogP contribution < -0.4 is 14.5 Å². The van der Waals surface area contributed by atoms with Crippen LogP contribution in [0.1, 0.15) is 16.8 Å². The molecule has 1 amide bonds. The van der Waals surface area contributed by atoms with Crippen molar-refractivity contribution in [3.05, 3.63) is 45.9 Å². The molecule has 1 unspecified atom stereocenters. The molecule has 0 aliphatic carbocycles. The predicted octanol–water partition coefficient (Wildman–Crippen LogP) is 4.09. The normalized spacial score (nSPS) is 14.5. The van der Waals surface area contributed by atoms with Gasteiger partial charge in [0.1, 0.15) is 30.3 Å². The van der Waals surface area contributed by atoms with E-state index in [1.165, 1.54) is 43.2 Å². The summed E-state index contributed by atoms with van der Waals surface area (Å²) < 4.78 is 60.3. The van der Waals surface area contributed by atoms with E-state index < -0.39 is 34.8 Å². The number of aryl methyl sites for hydroxylation is 2. The molecular weight excluding hydrogens is 520 g/mol. The van der Waals surface area contributed by atoms with Crippen molar-refractivity contribution in [2.24, 2.45) is 5.10 Å². The molecule has 1 aromatic carbocycles. The number of aromatic nitrogens is 1. The maximum absolute atomic E-state index is 13.7. The van der Waals surface area contributed by atoms with Crippen molar-refractivity contribution >= 4 is 35.5 Å². The zero-order valence-electron chi connectivity index (χ0n) is 20.8. The number of aliphatic hydroxyl groups excluding tert-OH is 1. The number of anilines is 2. The van der Waals surface area contributed by atoms with Crippen molar-refractivity contribution in [3.8, 4) is 5.75 Å². The van der Waals surface area contributed by atoms with Gasteiger partial charge >= 0.3 is 12.3 Å². The van der Waals surface area contributed by atoms with Crippen LogP contribution >= 0.6 is 11.6 Å². The number of rotatable bonds is 7. The molecule has 1 aliphatic rings. The Morgan fingerprint density at radius 2 is 1.95 bits per heavy atom. The number of pyridine rings is 1. The van der Waals surface area contributed by atoms with Crippen LogP contribution in [0, 0.1) is 19.7 Å². The first-order valence-corrected chi connectivity index (χ1v) is 11.4. The van der Waals surface area contributed by atoms with Gasteiger partial charge in [-0.05, 0) is 51.7 Å². The lowest BCUT2D eigenvalue weighted by Crippen LogP contribution is -2.37. The summed E-state index contributed by atoms with van der Waals surface area (Å²) in [6.45, 7) is 3.17. The van der Waals surface area contributed by atoms with Crippen molar-refractivity contribution < 1.29 is 32.2 Å². The molecular formula is C23H27ClF4N6O3. The first-order chi connectivity index (χ1) is 17.2. The van der Waals surface area contributed by atoms with E-state index in [0.717, 1.165) is 17.0 Å². The average molecular weight is 547 g/mol. The van der Waals surface area contributed by atoms with E-state index in [4.69, 9.17) is 16.3 Å². The van der Waals surface area contributed by atoms with Gasteiger partial charge in [-0.2, -0.15) is 18.3 Å². The second kappa shape index (κ2) is 11.1. The number of carbonyl (C=O) groups excluding carboxylic acids is 1. The highest BCUT2D eigenvalue weighted by atomic mass is 35.5. The lowest BCUT2D eigenvalue weighted by molar-refractivity contribution is -0.137. The lowest BCUT2D eigenvalue weighted by atomic mass is 10.1. The third-order valence-corrected chi connectivity index (χ3v) is 5.83. The van der Waals surface area contributed by atoms with Crippen LogP contribution in [-0.2, 0) is 6.18 Å². The number of alkyl halides is 3. The number of β-amino-alcohol motifs (C(OH)–C–C–N with tert-alkyl or cyclic N) is 1. The Hall–Kier alpha value is -3.16. The Labute approximate surface area is 216 Å². The number of benzene rings is 1. The van der Waals surface area contributed by atoms with Crippen LogP contribution in [0.25, 0.3) is 0 Å². The number of aliphatic hydroxyl groups is 1. The van der Waals surface area contributed by atoms with E-state index in [-0.39, 0.29) is 41.7 Å². The van der Waals surface area contributed by atoms with Gasteiger partial charge in [-0.3, -0.25) is 9.91 Å². The highest BCUT2D eigenvalue weighted by Crippen LogP contribution is 2.47. The van der Waals surface area contributed by atoms with Crippen LogP contribution in [-0.4, -0.2) is 79.4 Å². The molecule has 1 N–H and O–H groups in total. The number of nitrogens with zero attached hydrogens (tertiary/aromatic N) is 6. The molecule has 9 nitrogen and oxygen atoms in total. The summed E-state index contributed by atoms with van der Waals surface area (Å²) in [7, 11) is 4.90. The molecule has 0 saturated carbocycles. The number of carbonyl (C=O) groups is 1. The summed E-state index contributed by atoms with van der Waals surface area (Å²) in [4.78, 5) is 21.0. The lowest BCUT2D eigenvalue weighted by Gasteiger charge is -2.27. The summed E-state index contributed by atoms with van der Waals surface area (Å²) in [6, 6.07) is 3.19. The van der Waals surface area contributed by atoms with E-state index in [2.05, 4.69) is 10.1 Å². The second-order valence-electron chi connectivity index (χ2n) is 8.84. The van der Waals surface area contributed by atoms with Gasteiger partial charge in [-0.15, -0.1) is 0 Å². The zero-order chi connectivity index (χ0) is 27.7. The molecule has 0 spiro atoms. The maximum Gasteiger partial charge on any atom is 0.420 e. The van der Waals surface area contributed by atoms with E-state index in [0.29, 0.717) is 6.54 Å². The third-order valence-electron chi connectivity index (χ3n) is 5.45. The van der Waals surface area contributed by atoms with Crippen LogP contribution in [0.4, 0.5) is 33.9 Å². The maximum atomic E-state index is 13.7. The number of hydrogen-bond acceptors (Lipinski definition) is 8. The van der Waals surface area contributed by atoms with Gasteiger partial charge in [-0.25, -0.2) is 14.2 Å². The summed E-state index contributed by atoms with van der Waals surface area (Å²) in [6.07, 6.45) is -5.28. The van der Waals surface area contributed by atoms with Crippen molar-refractivity contribution in [3.63, 3.8) is 0 Å². The molecule has 0 radical (unpaired) electrons. The minimum Gasteiger partial charge on any atom is -0.407 e. The monoisotopic (exact) mass is 546 g/mol. The van der Waals surface area contributed by atoms with E-state index in [1.807, 2.05) is 0 Å². The molecule has 37 heavy (non-hydrogen) atoms. The van der Waals surface area contributed by atoms with Crippen molar-refractivity contribution in [1.82, 2.24) is 14.9 Å². The van der Waals surface area contributed by atoms with Crippen LogP contribution in [0.15, 0.2) is 23.3 Å². The highest BCUT2D eigenvalue weighted by Gasteiger charge is 2.38. The number of likely N-dealkylation sites (N-methyl/N-ethyl adjacent to an activating group) is 1. The quantitative estimate of drug-likeness (QED) is 0.524. The van der Waals surface area contributed by atoms with E-state index >= 15 is 0 Å². The molecule has 2 heterocycles. The molecule has 1 aromatic heterocycles. The van der Waals surface area contributed by atoms with Crippen LogP contribution in [0.3, 0.4) is 0 Å². The minimum atomic E-state index is -4.77. The molecule has 1 aliphatic heterocycles. The van der Waals surface area contributed by atoms with Crippen molar-refractivity contribution in [2.45, 2.75) is 26.1 Å². The Bertz CT molecular complexity index is 1190. The van der Waals surface area contributed by atoms with Gasteiger partial charge in [0.15, 0.2) is 5.75 Å². The first-order valence-electron chi connectivity index (χ1n) is 11.1. The average Bonchev–Trinajstić information content (AvgIpc) is 3.23. The SMILES string of the molecule is Cc1cc(C(F)(F)F)c(Cl)c(N2C=NN(CC(O)CN(C)C)C2)c1OC(=O)N(C)c1ccc(F)c(C)n1. The van der Waals surface area contributed by atoms with Crippen LogP contribution in [0.2, 0.25) is 5.02 Å². The fourth-order valence-corrected chi connectivity index (χ4v) is 4.01. The van der Waals surface area contributed by atoms with Crippen molar-refractivity contribution in [1.29, 1.82) is 0 Å². The van der Waals surface area contributed by atoms with E-state index in [9.17, 15) is 27.5 Å². The minimum absolute atomic E-state index is 0.00351. The standard InChI is InChI=1S/C23H27ClF4N6O3/c1-13-8-16(23(26,27)28)19(24)20(33-11-29-34(12-33)10-15(35)9-31(3)4)21(13)37-22(36)32(5)18-7-6-17(25)14(2)30-18/h6-8,11,15,35H,9-10,12H2,1-5H3. The summed E-state index contributed by atoms with van der Waals surface area (Å²) in [5, 5.41) is 15.1. The Balaban J connectivity index is 1.95. The fraction of sp³-hybridized carbons (Fsp3) is 0.435. The summed E-state index contributed by atoms with van der Waals surface area (Å²) in [5.74, 6) is -0.701. The topological polar surface area (TPSA) is 84.7 Å². The summed E-state index contributed by atoms with van der Waals surface area (Å²) in [5.41, 5.74) is -1.27. The molecule has 202 valence electrons. The van der Waals surface area contributed by atoms with Gasteiger partial charge < -0.3 is 19.6 Å². The van der Waals surface area contributed by atoms with Gasteiger partial charge in [0.25, 0.3) is 0 Å². The molecule has 1 atom stereocenters. The molecule has 14 heteroatoms. The third kappa shape index (κ3) is 6.59. The second-order valence-corrected chi connectivity index (χ2v) is 9.22. The van der Waals surface area contributed by atoms with Crippen LogP contribution in [0.5, 0.6) is 5.75 Å². The molecule has 0 bridgehead atoms. The largest absolute Gasteiger partial charge is 0.420 e. The molecule has 2 aromatic rings. The van der Waals surface area contributed by atoms with Gasteiger partial charge in [0, 0.05) is 13.6 Å².